The Hall–Kier alpha value is -4.25. The normalized spacial score (nSPS) is 14.4. The number of alkyl halides is 3. The van der Waals surface area contributed by atoms with Crippen LogP contribution in [0.5, 0.6) is 0 Å². The van der Waals surface area contributed by atoms with Gasteiger partial charge < -0.3 is 15.0 Å². The molecule has 0 radical (unpaired) electrons. The SMILES string of the molecule is COCCNC(=O)c1ccc2nn(CC3CCN(C(=O)c4ccc(-c5cccc(C(F)(F)F)n5)cc4)CC3)cc2c1C. The van der Waals surface area contributed by atoms with Gasteiger partial charge in [-0.3, -0.25) is 14.3 Å². The number of halogens is 3. The first kappa shape index (κ1) is 29.2. The Morgan fingerprint density at radius 3 is 2.48 bits per heavy atom. The summed E-state index contributed by atoms with van der Waals surface area (Å²) in [5.41, 5.74) is 2.57. The number of benzene rings is 2. The Morgan fingerprint density at radius 1 is 1.05 bits per heavy atom. The standard InChI is InChI=1S/C31H32F3N5O3/c1-20-24(29(40)35-14-17-42-2)10-11-27-25(20)19-39(37-27)18-21-12-15-38(16-13-21)30(41)23-8-6-22(7-9-23)26-4-3-5-28(36-26)31(32,33)34/h3-11,19,21H,12-18H2,1-2H3,(H,35,40). The van der Waals surface area contributed by atoms with Crippen LogP contribution in [0.25, 0.3) is 22.2 Å². The predicted octanol–water partition coefficient (Wildman–Crippen LogP) is 5.35. The fourth-order valence-electron chi connectivity index (χ4n) is 5.28. The molecule has 0 unspecified atom stereocenters. The van der Waals surface area contributed by atoms with Gasteiger partial charge in [-0.15, -0.1) is 0 Å². The van der Waals surface area contributed by atoms with E-state index in [-0.39, 0.29) is 17.5 Å². The van der Waals surface area contributed by atoms with E-state index in [1.807, 2.05) is 28.8 Å². The molecular weight excluding hydrogens is 547 g/mol. The van der Waals surface area contributed by atoms with Crippen LogP contribution in [0, 0.1) is 12.8 Å². The quantitative estimate of drug-likeness (QED) is 0.284. The minimum atomic E-state index is -4.52. The molecule has 42 heavy (non-hydrogen) atoms. The summed E-state index contributed by atoms with van der Waals surface area (Å²) < 4.78 is 46.0. The third kappa shape index (κ3) is 6.46. The highest BCUT2D eigenvalue weighted by Crippen LogP contribution is 2.30. The van der Waals surface area contributed by atoms with Crippen molar-refractivity contribution in [2.45, 2.75) is 32.5 Å². The molecule has 1 N–H and O–H groups in total. The van der Waals surface area contributed by atoms with Crippen LogP contribution in [0.3, 0.4) is 0 Å². The number of aromatic nitrogens is 3. The molecular formula is C31H32F3N5O3. The summed E-state index contributed by atoms with van der Waals surface area (Å²) in [4.78, 5) is 31.2. The number of rotatable bonds is 8. The van der Waals surface area contributed by atoms with Gasteiger partial charge in [0.25, 0.3) is 11.8 Å². The van der Waals surface area contributed by atoms with E-state index in [2.05, 4.69) is 10.3 Å². The first-order valence-electron chi connectivity index (χ1n) is 13.8. The van der Waals surface area contributed by atoms with Gasteiger partial charge in [-0.1, -0.05) is 18.2 Å². The van der Waals surface area contributed by atoms with E-state index < -0.39 is 11.9 Å². The highest BCUT2D eigenvalue weighted by Gasteiger charge is 2.32. The largest absolute Gasteiger partial charge is 0.433 e. The fraction of sp³-hybridized carbons (Fsp3) is 0.355. The summed E-state index contributed by atoms with van der Waals surface area (Å²) in [6.07, 6.45) is -0.900. The third-order valence-electron chi connectivity index (χ3n) is 7.66. The average molecular weight is 580 g/mol. The minimum Gasteiger partial charge on any atom is -0.383 e. The van der Waals surface area contributed by atoms with E-state index in [1.165, 1.54) is 12.1 Å². The number of amides is 2. The van der Waals surface area contributed by atoms with E-state index in [9.17, 15) is 22.8 Å². The molecule has 4 aromatic rings. The Labute approximate surface area is 241 Å². The number of fused-ring (bicyclic) bond motifs is 1. The van der Waals surface area contributed by atoms with Crippen LogP contribution >= 0.6 is 0 Å². The molecule has 5 rings (SSSR count). The van der Waals surface area contributed by atoms with Crippen molar-refractivity contribution < 1.29 is 27.5 Å². The number of carbonyl (C=O) groups excluding carboxylic acids is 2. The number of nitrogens with one attached hydrogen (secondary N) is 1. The lowest BCUT2D eigenvalue weighted by Gasteiger charge is -2.32. The van der Waals surface area contributed by atoms with E-state index >= 15 is 0 Å². The van der Waals surface area contributed by atoms with Crippen LogP contribution in [0.4, 0.5) is 13.2 Å². The van der Waals surface area contributed by atoms with Crippen molar-refractivity contribution in [3.63, 3.8) is 0 Å². The molecule has 1 aliphatic heterocycles. The van der Waals surface area contributed by atoms with Gasteiger partial charge in [-0.2, -0.15) is 18.3 Å². The maximum Gasteiger partial charge on any atom is 0.433 e. The number of ether oxygens (including phenoxy) is 1. The van der Waals surface area contributed by atoms with Crippen molar-refractivity contribution >= 4 is 22.7 Å². The molecule has 0 aliphatic carbocycles. The molecule has 0 spiro atoms. The molecule has 0 saturated carbocycles. The van der Waals surface area contributed by atoms with Crippen LogP contribution in [-0.2, 0) is 17.5 Å². The van der Waals surface area contributed by atoms with Gasteiger partial charge in [0, 0.05) is 61.6 Å². The van der Waals surface area contributed by atoms with Crippen molar-refractivity contribution in [3.05, 3.63) is 83.2 Å². The fourth-order valence-corrected chi connectivity index (χ4v) is 5.28. The van der Waals surface area contributed by atoms with Gasteiger partial charge in [0.2, 0.25) is 0 Å². The lowest BCUT2D eigenvalue weighted by Crippen LogP contribution is -2.39. The van der Waals surface area contributed by atoms with Crippen LogP contribution in [0.2, 0.25) is 0 Å². The third-order valence-corrected chi connectivity index (χ3v) is 7.66. The highest BCUT2D eigenvalue weighted by atomic mass is 19.4. The topological polar surface area (TPSA) is 89.4 Å². The number of nitrogens with zero attached hydrogens (tertiary/aromatic N) is 4. The van der Waals surface area contributed by atoms with Crippen molar-refractivity contribution in [2.24, 2.45) is 5.92 Å². The molecule has 1 fully saturated rings. The number of hydrogen-bond acceptors (Lipinski definition) is 5. The number of aryl methyl sites for hydroxylation is 1. The number of carbonyl (C=O) groups is 2. The summed E-state index contributed by atoms with van der Waals surface area (Å²) in [7, 11) is 1.59. The Morgan fingerprint density at radius 2 is 1.79 bits per heavy atom. The summed E-state index contributed by atoms with van der Waals surface area (Å²) >= 11 is 0. The van der Waals surface area contributed by atoms with E-state index in [1.54, 1.807) is 37.4 Å². The predicted molar refractivity (Wildman–Crippen MR) is 152 cm³/mol. The molecule has 2 amide bonds. The lowest BCUT2D eigenvalue weighted by molar-refractivity contribution is -0.141. The van der Waals surface area contributed by atoms with E-state index in [4.69, 9.17) is 9.84 Å². The highest BCUT2D eigenvalue weighted by molar-refractivity contribution is 6.00. The first-order chi connectivity index (χ1) is 20.1. The van der Waals surface area contributed by atoms with Crippen LogP contribution < -0.4 is 5.32 Å². The smallest absolute Gasteiger partial charge is 0.383 e. The zero-order valence-corrected chi connectivity index (χ0v) is 23.4. The molecule has 0 atom stereocenters. The summed E-state index contributed by atoms with van der Waals surface area (Å²) in [6, 6.07) is 13.9. The summed E-state index contributed by atoms with van der Waals surface area (Å²) in [6.45, 7) is 4.73. The van der Waals surface area contributed by atoms with Crippen molar-refractivity contribution in [3.8, 4) is 11.3 Å². The second-order valence-electron chi connectivity index (χ2n) is 10.5. The van der Waals surface area contributed by atoms with Crippen LogP contribution in [0.1, 0.15) is 44.8 Å². The molecule has 0 bridgehead atoms. The number of pyridine rings is 1. The Kier molecular flexibility index (Phi) is 8.58. The van der Waals surface area contributed by atoms with Gasteiger partial charge in [0.1, 0.15) is 5.69 Å². The molecule has 2 aromatic carbocycles. The lowest BCUT2D eigenvalue weighted by atomic mass is 9.96. The first-order valence-corrected chi connectivity index (χ1v) is 13.8. The van der Waals surface area contributed by atoms with Gasteiger partial charge in [0.05, 0.1) is 17.8 Å². The molecule has 8 nitrogen and oxygen atoms in total. The molecule has 1 aliphatic rings. The second kappa shape index (κ2) is 12.3. The minimum absolute atomic E-state index is 0.103. The molecule has 2 aromatic heterocycles. The van der Waals surface area contributed by atoms with Gasteiger partial charge in [-0.05, 0) is 67.6 Å². The number of methoxy groups -OCH3 is 1. The molecule has 11 heteroatoms. The summed E-state index contributed by atoms with van der Waals surface area (Å²) in [5.74, 6) is 0.0989. The maximum atomic E-state index is 13.1. The number of likely N-dealkylation sites (tertiary alicyclic amines) is 1. The van der Waals surface area contributed by atoms with E-state index in [0.29, 0.717) is 55.4 Å². The number of piperidine rings is 1. The van der Waals surface area contributed by atoms with Crippen LogP contribution in [-0.4, -0.2) is 64.8 Å². The van der Waals surface area contributed by atoms with Gasteiger partial charge >= 0.3 is 6.18 Å². The van der Waals surface area contributed by atoms with Gasteiger partial charge in [0.15, 0.2) is 0 Å². The summed E-state index contributed by atoms with van der Waals surface area (Å²) in [5, 5.41) is 8.51. The van der Waals surface area contributed by atoms with Crippen molar-refractivity contribution in [2.75, 3.05) is 33.4 Å². The monoisotopic (exact) mass is 579 g/mol. The molecule has 1 saturated heterocycles. The molecule has 220 valence electrons. The van der Waals surface area contributed by atoms with Gasteiger partial charge in [-0.25, -0.2) is 4.98 Å². The number of hydrogen-bond donors (Lipinski definition) is 1. The zero-order chi connectivity index (χ0) is 29.9. The van der Waals surface area contributed by atoms with E-state index in [0.717, 1.165) is 35.4 Å². The molecule has 3 heterocycles. The zero-order valence-electron chi connectivity index (χ0n) is 23.4. The maximum absolute atomic E-state index is 13.1. The Bertz CT molecular complexity index is 1580. The van der Waals surface area contributed by atoms with Crippen molar-refractivity contribution in [1.29, 1.82) is 0 Å². The second-order valence-corrected chi connectivity index (χ2v) is 10.5. The Balaban J connectivity index is 1.18. The van der Waals surface area contributed by atoms with Crippen LogP contribution in [0.15, 0.2) is 60.8 Å². The van der Waals surface area contributed by atoms with Crippen molar-refractivity contribution in [1.82, 2.24) is 25.0 Å². The average Bonchev–Trinajstić information content (AvgIpc) is 3.40.